The summed E-state index contributed by atoms with van der Waals surface area (Å²) in [5.74, 6) is -0.553. The van der Waals surface area contributed by atoms with Gasteiger partial charge in [-0.15, -0.1) is 0 Å². The van der Waals surface area contributed by atoms with E-state index in [-0.39, 0.29) is 25.0 Å². The second-order valence-electron chi connectivity index (χ2n) is 5.33. The van der Waals surface area contributed by atoms with E-state index in [0.717, 1.165) is 12.8 Å². The Hall–Kier alpha value is -1.30. The van der Waals surface area contributed by atoms with Crippen LogP contribution in [0.2, 0.25) is 0 Å². The first kappa shape index (κ1) is 13.1. The van der Waals surface area contributed by atoms with Crippen LogP contribution < -0.4 is 5.32 Å². The highest BCUT2D eigenvalue weighted by Crippen LogP contribution is 2.29. The molecule has 6 heteroatoms. The number of aliphatic hydroxyl groups is 1. The van der Waals surface area contributed by atoms with Gasteiger partial charge in [-0.05, 0) is 25.7 Å². The number of β-amino-alcohol motifs (C(OH)–C–C–N with tert-alkyl or cyclic N) is 1. The highest BCUT2D eigenvalue weighted by molar-refractivity contribution is 5.83. The van der Waals surface area contributed by atoms with Gasteiger partial charge in [0.1, 0.15) is 6.04 Å². The Morgan fingerprint density at radius 2 is 2.06 bits per heavy atom. The van der Waals surface area contributed by atoms with Crippen LogP contribution in [-0.4, -0.2) is 51.8 Å². The number of hydrogen-bond acceptors (Lipinski definition) is 3. The number of aliphatic hydroxyl groups excluding tert-OH is 1. The second-order valence-corrected chi connectivity index (χ2v) is 5.33. The third-order valence-corrected chi connectivity index (χ3v) is 4.03. The summed E-state index contributed by atoms with van der Waals surface area (Å²) in [5, 5.41) is 21.3. The van der Waals surface area contributed by atoms with Crippen molar-refractivity contribution in [3.63, 3.8) is 0 Å². The van der Waals surface area contributed by atoms with Gasteiger partial charge in [-0.25, -0.2) is 9.59 Å². The maximum atomic E-state index is 12.0. The van der Waals surface area contributed by atoms with Gasteiger partial charge in [-0.2, -0.15) is 0 Å². The third-order valence-electron chi connectivity index (χ3n) is 4.03. The molecule has 1 aliphatic heterocycles. The molecular weight excluding hydrogens is 236 g/mol. The molecule has 2 aliphatic rings. The lowest BCUT2D eigenvalue weighted by Gasteiger charge is -2.33. The van der Waals surface area contributed by atoms with E-state index in [1.807, 2.05) is 6.92 Å². The Morgan fingerprint density at radius 1 is 1.39 bits per heavy atom. The molecule has 102 valence electrons. The van der Waals surface area contributed by atoms with Crippen LogP contribution in [0.15, 0.2) is 0 Å². The maximum absolute atomic E-state index is 12.0. The van der Waals surface area contributed by atoms with E-state index < -0.39 is 18.1 Å². The molecule has 3 unspecified atom stereocenters. The van der Waals surface area contributed by atoms with E-state index in [1.165, 1.54) is 11.3 Å². The Kier molecular flexibility index (Phi) is 3.75. The van der Waals surface area contributed by atoms with Crippen molar-refractivity contribution in [2.24, 2.45) is 5.92 Å². The van der Waals surface area contributed by atoms with Crippen molar-refractivity contribution in [1.82, 2.24) is 10.2 Å². The van der Waals surface area contributed by atoms with E-state index in [9.17, 15) is 14.7 Å². The van der Waals surface area contributed by atoms with Crippen molar-refractivity contribution in [1.29, 1.82) is 0 Å². The van der Waals surface area contributed by atoms with Crippen LogP contribution in [0.4, 0.5) is 4.79 Å². The number of carbonyl (C=O) groups is 2. The monoisotopic (exact) mass is 256 g/mol. The second kappa shape index (κ2) is 5.14. The summed E-state index contributed by atoms with van der Waals surface area (Å²) in [6.45, 7) is 2.05. The molecular formula is C12H20N2O4. The molecule has 3 N–H and O–H groups in total. The summed E-state index contributed by atoms with van der Waals surface area (Å²) in [6.07, 6.45) is 2.81. The summed E-state index contributed by atoms with van der Waals surface area (Å²) in [7, 11) is 0. The highest BCUT2D eigenvalue weighted by atomic mass is 16.4. The fourth-order valence-corrected chi connectivity index (χ4v) is 2.61. The molecule has 1 heterocycles. The minimum atomic E-state index is -1.06. The summed E-state index contributed by atoms with van der Waals surface area (Å²) in [6, 6.07) is -1.22. The van der Waals surface area contributed by atoms with Gasteiger partial charge >= 0.3 is 12.0 Å². The maximum Gasteiger partial charge on any atom is 0.326 e. The molecule has 0 aromatic carbocycles. The van der Waals surface area contributed by atoms with E-state index >= 15 is 0 Å². The zero-order chi connectivity index (χ0) is 13.3. The standard InChI is InChI=1S/C12H20N2O4/c1-7(8-3-2-4-8)13-12(18)14-6-9(15)5-10(14)11(16)17/h7-10,15H,2-6H2,1H3,(H,13,18)(H,16,17). The van der Waals surface area contributed by atoms with Crippen LogP contribution >= 0.6 is 0 Å². The Bertz CT molecular complexity index is 343. The molecule has 1 saturated heterocycles. The van der Waals surface area contributed by atoms with Gasteiger partial charge in [0.15, 0.2) is 0 Å². The predicted molar refractivity (Wildman–Crippen MR) is 64.1 cm³/mol. The number of aliphatic carboxylic acids is 1. The molecule has 6 nitrogen and oxygen atoms in total. The SMILES string of the molecule is CC(NC(=O)N1CC(O)CC1C(=O)O)C1CCC1. The van der Waals surface area contributed by atoms with Crippen molar-refractivity contribution < 1.29 is 19.8 Å². The Balaban J connectivity index is 1.92. The molecule has 0 aromatic rings. The Morgan fingerprint density at radius 3 is 2.56 bits per heavy atom. The zero-order valence-corrected chi connectivity index (χ0v) is 10.5. The minimum Gasteiger partial charge on any atom is -0.480 e. The van der Waals surface area contributed by atoms with Crippen LogP contribution in [-0.2, 0) is 4.79 Å². The molecule has 1 saturated carbocycles. The number of rotatable bonds is 3. The van der Waals surface area contributed by atoms with Gasteiger partial charge in [0.05, 0.1) is 6.10 Å². The molecule has 2 rings (SSSR count). The molecule has 0 aromatic heterocycles. The Labute approximate surface area is 106 Å². The van der Waals surface area contributed by atoms with E-state index in [1.54, 1.807) is 0 Å². The molecule has 0 bridgehead atoms. The first-order chi connectivity index (χ1) is 8.49. The normalized spacial score (nSPS) is 29.8. The number of nitrogens with one attached hydrogen (secondary N) is 1. The number of hydrogen-bond donors (Lipinski definition) is 3. The topological polar surface area (TPSA) is 89.9 Å². The summed E-state index contributed by atoms with van der Waals surface area (Å²) in [4.78, 5) is 24.2. The molecule has 2 amide bonds. The van der Waals surface area contributed by atoms with E-state index in [2.05, 4.69) is 5.32 Å². The number of carboxylic acids is 1. The lowest BCUT2D eigenvalue weighted by Crippen LogP contribution is -2.51. The minimum absolute atomic E-state index is 0.0680. The average molecular weight is 256 g/mol. The molecule has 0 spiro atoms. The molecule has 0 radical (unpaired) electrons. The number of likely N-dealkylation sites (tertiary alicyclic amines) is 1. The fourth-order valence-electron chi connectivity index (χ4n) is 2.61. The highest BCUT2D eigenvalue weighted by Gasteiger charge is 2.39. The lowest BCUT2D eigenvalue weighted by molar-refractivity contribution is -0.141. The molecule has 3 atom stereocenters. The number of carboxylic acid groups (broad SMARTS) is 1. The molecule has 18 heavy (non-hydrogen) atoms. The van der Waals surface area contributed by atoms with Crippen LogP contribution in [0.5, 0.6) is 0 Å². The van der Waals surface area contributed by atoms with Gasteiger partial charge in [-0.3, -0.25) is 0 Å². The van der Waals surface area contributed by atoms with Gasteiger partial charge in [0, 0.05) is 19.0 Å². The van der Waals surface area contributed by atoms with Crippen LogP contribution in [0.25, 0.3) is 0 Å². The number of carbonyl (C=O) groups excluding carboxylic acids is 1. The predicted octanol–water partition coefficient (Wildman–Crippen LogP) is 0.404. The molecule has 2 fully saturated rings. The quantitative estimate of drug-likeness (QED) is 0.682. The van der Waals surface area contributed by atoms with Crippen molar-refractivity contribution in [3.8, 4) is 0 Å². The van der Waals surface area contributed by atoms with Crippen molar-refractivity contribution in [3.05, 3.63) is 0 Å². The van der Waals surface area contributed by atoms with Gasteiger partial charge in [0.2, 0.25) is 0 Å². The van der Waals surface area contributed by atoms with Crippen LogP contribution in [0, 0.1) is 5.92 Å². The van der Waals surface area contributed by atoms with E-state index in [4.69, 9.17) is 5.11 Å². The largest absolute Gasteiger partial charge is 0.480 e. The summed E-state index contributed by atoms with van der Waals surface area (Å²) in [5.41, 5.74) is 0. The van der Waals surface area contributed by atoms with Crippen molar-refractivity contribution >= 4 is 12.0 Å². The molecule has 1 aliphatic carbocycles. The average Bonchev–Trinajstić information content (AvgIpc) is 2.57. The number of amides is 2. The summed E-state index contributed by atoms with van der Waals surface area (Å²) < 4.78 is 0. The van der Waals surface area contributed by atoms with Crippen molar-refractivity contribution in [2.75, 3.05) is 6.54 Å². The van der Waals surface area contributed by atoms with Gasteiger partial charge in [0.25, 0.3) is 0 Å². The number of urea groups is 1. The third kappa shape index (κ3) is 2.58. The summed E-state index contributed by atoms with van der Waals surface area (Å²) >= 11 is 0. The lowest BCUT2D eigenvalue weighted by atomic mass is 9.80. The van der Waals surface area contributed by atoms with Crippen LogP contribution in [0.1, 0.15) is 32.6 Å². The van der Waals surface area contributed by atoms with Crippen molar-refractivity contribution in [2.45, 2.75) is 50.8 Å². The first-order valence-corrected chi connectivity index (χ1v) is 6.47. The first-order valence-electron chi connectivity index (χ1n) is 6.47. The smallest absolute Gasteiger partial charge is 0.326 e. The zero-order valence-electron chi connectivity index (χ0n) is 10.5. The van der Waals surface area contributed by atoms with E-state index in [0.29, 0.717) is 5.92 Å². The van der Waals surface area contributed by atoms with Crippen LogP contribution in [0.3, 0.4) is 0 Å². The van der Waals surface area contributed by atoms with Gasteiger partial charge in [-0.1, -0.05) is 6.42 Å². The fraction of sp³-hybridized carbons (Fsp3) is 0.833. The number of nitrogens with zero attached hydrogens (tertiary/aromatic N) is 1. The van der Waals surface area contributed by atoms with Gasteiger partial charge < -0.3 is 20.4 Å².